The topological polar surface area (TPSA) is 114 Å². The Labute approximate surface area is 172 Å². The standard InChI is InChI=1S/C20H20ClN7O/c1-12-15(8-22)18(14-4-2-3-5-16(14)21)28-10-17(27-20(28)26-12)19(29)24-7-6-13-9-23-11-25-13/h2-5,9-11H,6-8,22H2,1H3,(H,23,25)(H,24,29). The third kappa shape index (κ3) is 3.72. The first-order chi connectivity index (χ1) is 14.1. The van der Waals surface area contributed by atoms with Crippen LogP contribution in [0.15, 0.2) is 43.0 Å². The molecule has 1 amide bonds. The maximum absolute atomic E-state index is 12.6. The molecule has 0 aliphatic carbocycles. The summed E-state index contributed by atoms with van der Waals surface area (Å²) in [4.78, 5) is 28.5. The van der Waals surface area contributed by atoms with Crippen LogP contribution in [0.5, 0.6) is 0 Å². The Morgan fingerprint density at radius 3 is 2.86 bits per heavy atom. The molecule has 3 heterocycles. The van der Waals surface area contributed by atoms with Gasteiger partial charge in [-0.25, -0.2) is 15.0 Å². The number of halogens is 1. The quantitative estimate of drug-likeness (QED) is 0.452. The Hall–Kier alpha value is -3.23. The normalized spacial score (nSPS) is 11.1. The molecule has 4 N–H and O–H groups in total. The highest BCUT2D eigenvalue weighted by Gasteiger charge is 2.19. The number of benzene rings is 1. The Morgan fingerprint density at radius 2 is 2.14 bits per heavy atom. The van der Waals surface area contributed by atoms with E-state index in [1.165, 1.54) is 0 Å². The van der Waals surface area contributed by atoms with E-state index in [1.54, 1.807) is 23.1 Å². The molecule has 0 saturated carbocycles. The van der Waals surface area contributed by atoms with Gasteiger partial charge in [0.1, 0.15) is 5.69 Å². The average molecular weight is 410 g/mol. The van der Waals surface area contributed by atoms with Crippen LogP contribution in [0.1, 0.15) is 27.4 Å². The highest BCUT2D eigenvalue weighted by Crippen LogP contribution is 2.32. The van der Waals surface area contributed by atoms with Gasteiger partial charge in [-0.2, -0.15) is 0 Å². The SMILES string of the molecule is Cc1nc2nc(C(=O)NCCc3cnc[nH]3)cn2c(-c2ccccc2Cl)c1CN. The van der Waals surface area contributed by atoms with E-state index in [2.05, 4.69) is 25.3 Å². The summed E-state index contributed by atoms with van der Waals surface area (Å²) >= 11 is 6.44. The van der Waals surface area contributed by atoms with Gasteiger partial charge >= 0.3 is 0 Å². The number of hydrogen-bond donors (Lipinski definition) is 3. The van der Waals surface area contributed by atoms with E-state index in [-0.39, 0.29) is 11.6 Å². The van der Waals surface area contributed by atoms with Crippen molar-refractivity contribution in [1.29, 1.82) is 0 Å². The number of nitrogens with zero attached hydrogens (tertiary/aromatic N) is 4. The van der Waals surface area contributed by atoms with Crippen molar-refractivity contribution in [2.75, 3.05) is 6.54 Å². The van der Waals surface area contributed by atoms with Crippen LogP contribution in [-0.4, -0.2) is 36.8 Å². The highest BCUT2D eigenvalue weighted by molar-refractivity contribution is 6.33. The molecule has 0 bridgehead atoms. The number of rotatable bonds is 6. The molecule has 0 fully saturated rings. The first-order valence-electron chi connectivity index (χ1n) is 9.17. The van der Waals surface area contributed by atoms with Gasteiger partial charge < -0.3 is 16.0 Å². The molecular formula is C20H20ClN7O. The van der Waals surface area contributed by atoms with Crippen LogP contribution >= 0.6 is 11.6 Å². The van der Waals surface area contributed by atoms with E-state index >= 15 is 0 Å². The average Bonchev–Trinajstić information content (AvgIpc) is 3.37. The third-order valence-electron chi connectivity index (χ3n) is 4.72. The van der Waals surface area contributed by atoms with Gasteiger partial charge in [0.25, 0.3) is 5.91 Å². The summed E-state index contributed by atoms with van der Waals surface area (Å²) in [6.07, 6.45) is 5.66. The van der Waals surface area contributed by atoms with Gasteiger partial charge in [-0.3, -0.25) is 9.20 Å². The summed E-state index contributed by atoms with van der Waals surface area (Å²) in [5.74, 6) is 0.153. The zero-order chi connectivity index (χ0) is 20.4. The zero-order valence-electron chi connectivity index (χ0n) is 15.8. The van der Waals surface area contributed by atoms with Gasteiger partial charge in [0.2, 0.25) is 5.78 Å². The summed E-state index contributed by atoms with van der Waals surface area (Å²) in [5.41, 5.74) is 10.5. The van der Waals surface area contributed by atoms with Crippen LogP contribution in [0.4, 0.5) is 0 Å². The minimum absolute atomic E-state index is 0.271. The van der Waals surface area contributed by atoms with Crippen LogP contribution in [0.25, 0.3) is 17.0 Å². The molecule has 8 nitrogen and oxygen atoms in total. The first-order valence-corrected chi connectivity index (χ1v) is 9.55. The molecule has 0 aliphatic rings. The molecule has 1 aromatic carbocycles. The molecule has 4 rings (SSSR count). The van der Waals surface area contributed by atoms with Gasteiger partial charge in [-0.15, -0.1) is 0 Å². The molecule has 0 unspecified atom stereocenters. The molecule has 0 radical (unpaired) electrons. The second-order valence-corrected chi connectivity index (χ2v) is 6.99. The van der Waals surface area contributed by atoms with Crippen LogP contribution < -0.4 is 11.1 Å². The van der Waals surface area contributed by atoms with Crippen molar-refractivity contribution in [3.63, 3.8) is 0 Å². The number of nitrogens with two attached hydrogens (primary N) is 1. The Morgan fingerprint density at radius 1 is 1.31 bits per heavy atom. The van der Waals surface area contributed by atoms with Crippen LogP contribution in [0.2, 0.25) is 5.02 Å². The zero-order valence-corrected chi connectivity index (χ0v) is 16.6. The molecule has 148 valence electrons. The van der Waals surface area contributed by atoms with E-state index in [4.69, 9.17) is 17.3 Å². The molecule has 0 aliphatic heterocycles. The first kappa shape index (κ1) is 19.1. The molecular weight excluding hydrogens is 390 g/mol. The molecule has 9 heteroatoms. The molecule has 0 saturated heterocycles. The maximum atomic E-state index is 12.6. The van der Waals surface area contributed by atoms with Crippen molar-refractivity contribution < 1.29 is 4.79 Å². The summed E-state index contributed by atoms with van der Waals surface area (Å²) in [6, 6.07) is 7.51. The number of carbonyl (C=O) groups excluding carboxylic acids is 1. The Bertz CT molecular complexity index is 1170. The van der Waals surface area contributed by atoms with Gasteiger partial charge in [-0.05, 0) is 13.0 Å². The minimum atomic E-state index is -0.271. The monoisotopic (exact) mass is 409 g/mol. The van der Waals surface area contributed by atoms with Crippen LogP contribution in [0.3, 0.4) is 0 Å². The van der Waals surface area contributed by atoms with Gasteiger partial charge in [0.15, 0.2) is 0 Å². The largest absolute Gasteiger partial charge is 0.350 e. The lowest BCUT2D eigenvalue weighted by Crippen LogP contribution is -2.26. The fraction of sp³-hybridized carbons (Fsp3) is 0.200. The lowest BCUT2D eigenvalue weighted by Gasteiger charge is -2.14. The van der Waals surface area contributed by atoms with E-state index in [9.17, 15) is 4.79 Å². The van der Waals surface area contributed by atoms with Crippen molar-refractivity contribution in [3.05, 3.63) is 70.7 Å². The van der Waals surface area contributed by atoms with Crippen molar-refractivity contribution in [2.45, 2.75) is 19.9 Å². The van der Waals surface area contributed by atoms with Gasteiger partial charge in [-0.1, -0.05) is 29.8 Å². The van der Waals surface area contributed by atoms with E-state index < -0.39 is 0 Å². The third-order valence-corrected chi connectivity index (χ3v) is 5.05. The summed E-state index contributed by atoms with van der Waals surface area (Å²) in [7, 11) is 0. The summed E-state index contributed by atoms with van der Waals surface area (Å²) in [5, 5.41) is 3.46. The van der Waals surface area contributed by atoms with Crippen molar-refractivity contribution in [3.8, 4) is 11.3 Å². The molecule has 0 atom stereocenters. The molecule has 3 aromatic heterocycles. The number of aromatic nitrogens is 5. The number of hydrogen-bond acceptors (Lipinski definition) is 5. The van der Waals surface area contributed by atoms with Crippen molar-refractivity contribution in [1.82, 2.24) is 29.7 Å². The van der Waals surface area contributed by atoms with Gasteiger partial charge in [0, 0.05) is 59.4 Å². The second kappa shape index (κ2) is 8.02. The maximum Gasteiger partial charge on any atom is 0.271 e. The molecule has 29 heavy (non-hydrogen) atoms. The van der Waals surface area contributed by atoms with E-state index in [0.717, 1.165) is 28.2 Å². The van der Waals surface area contributed by atoms with Crippen molar-refractivity contribution >= 4 is 23.3 Å². The smallest absolute Gasteiger partial charge is 0.271 e. The molecule has 4 aromatic rings. The predicted molar refractivity (Wildman–Crippen MR) is 111 cm³/mol. The lowest BCUT2D eigenvalue weighted by molar-refractivity contribution is 0.0949. The number of carbonyl (C=O) groups is 1. The fourth-order valence-electron chi connectivity index (χ4n) is 3.27. The van der Waals surface area contributed by atoms with Crippen LogP contribution in [-0.2, 0) is 13.0 Å². The van der Waals surface area contributed by atoms with Crippen LogP contribution in [0, 0.1) is 6.92 Å². The number of H-pyrrole nitrogens is 1. The summed E-state index contributed by atoms with van der Waals surface area (Å²) in [6.45, 7) is 2.63. The fourth-order valence-corrected chi connectivity index (χ4v) is 3.50. The predicted octanol–water partition coefficient (Wildman–Crippen LogP) is 2.51. The number of imidazole rings is 2. The van der Waals surface area contributed by atoms with Gasteiger partial charge in [0.05, 0.1) is 12.0 Å². The Balaban J connectivity index is 1.70. The lowest BCUT2D eigenvalue weighted by atomic mass is 10.0. The van der Waals surface area contributed by atoms with Crippen molar-refractivity contribution in [2.24, 2.45) is 5.73 Å². The summed E-state index contributed by atoms with van der Waals surface area (Å²) < 4.78 is 1.78. The number of fused-ring (bicyclic) bond motifs is 1. The Kier molecular flexibility index (Phi) is 5.28. The number of aromatic amines is 1. The minimum Gasteiger partial charge on any atom is -0.350 e. The van der Waals surface area contributed by atoms with E-state index in [0.29, 0.717) is 30.3 Å². The molecule has 0 spiro atoms. The second-order valence-electron chi connectivity index (χ2n) is 6.59. The number of amides is 1. The van der Waals surface area contributed by atoms with E-state index in [1.807, 2.05) is 31.2 Å². The highest BCUT2D eigenvalue weighted by atomic mass is 35.5. The number of aryl methyl sites for hydroxylation is 1. The number of nitrogens with one attached hydrogen (secondary N) is 2.